The second-order valence-corrected chi connectivity index (χ2v) is 1.90. The summed E-state index contributed by atoms with van der Waals surface area (Å²) in [6.45, 7) is 1.21. The number of hydrogen-bond donors (Lipinski definition) is 0. The van der Waals surface area contributed by atoms with Crippen LogP contribution in [0, 0.1) is 5.82 Å². The van der Waals surface area contributed by atoms with Gasteiger partial charge in [0.1, 0.15) is 0 Å². The highest BCUT2D eigenvalue weighted by atomic mass is 19.1. The van der Waals surface area contributed by atoms with Gasteiger partial charge >= 0.3 is 5.97 Å². The lowest BCUT2D eigenvalue weighted by molar-refractivity contribution is -0.132. The quantitative estimate of drug-likeness (QED) is 0.571. The van der Waals surface area contributed by atoms with Crippen molar-refractivity contribution in [2.24, 2.45) is 0 Å². The monoisotopic (exact) mass is 155 g/mol. The van der Waals surface area contributed by atoms with Gasteiger partial charge in [-0.3, -0.25) is 9.78 Å². The van der Waals surface area contributed by atoms with Gasteiger partial charge in [-0.15, -0.1) is 0 Å². The highest BCUT2D eigenvalue weighted by Crippen LogP contribution is 2.13. The molecule has 0 unspecified atom stereocenters. The van der Waals surface area contributed by atoms with Crippen LogP contribution >= 0.6 is 0 Å². The Bertz CT molecular complexity index is 275. The van der Waals surface area contributed by atoms with E-state index in [1.807, 2.05) is 0 Å². The molecule has 11 heavy (non-hydrogen) atoms. The number of hydrogen-bond acceptors (Lipinski definition) is 3. The van der Waals surface area contributed by atoms with Gasteiger partial charge in [-0.05, 0) is 0 Å². The maximum Gasteiger partial charge on any atom is 0.308 e. The molecule has 0 fully saturated rings. The van der Waals surface area contributed by atoms with Crippen LogP contribution in [-0.4, -0.2) is 11.0 Å². The molecule has 0 aromatic carbocycles. The molecule has 0 N–H and O–H groups in total. The minimum Gasteiger partial charge on any atom is -0.423 e. The van der Waals surface area contributed by atoms with Crippen LogP contribution in [0.4, 0.5) is 4.39 Å². The molecule has 58 valence electrons. The maximum absolute atomic E-state index is 12.6. The van der Waals surface area contributed by atoms with Crippen molar-refractivity contribution in [2.75, 3.05) is 0 Å². The van der Waals surface area contributed by atoms with Crippen molar-refractivity contribution in [3.63, 3.8) is 0 Å². The fourth-order valence-corrected chi connectivity index (χ4v) is 0.600. The van der Waals surface area contributed by atoms with Crippen molar-refractivity contribution in [1.29, 1.82) is 0 Å². The summed E-state index contributed by atoms with van der Waals surface area (Å²) in [5, 5.41) is 0. The predicted molar refractivity (Wildman–Crippen MR) is 35.5 cm³/mol. The first kappa shape index (κ1) is 7.65. The Labute approximate surface area is 62.8 Å². The first-order valence-electron chi connectivity index (χ1n) is 2.98. The lowest BCUT2D eigenvalue weighted by atomic mass is 10.4. The zero-order valence-electron chi connectivity index (χ0n) is 5.87. The first-order chi connectivity index (χ1) is 5.20. The molecule has 0 radical (unpaired) electrons. The Morgan fingerprint density at radius 2 is 2.45 bits per heavy atom. The molecule has 0 aliphatic rings. The van der Waals surface area contributed by atoms with Crippen LogP contribution < -0.4 is 4.74 Å². The Kier molecular flexibility index (Phi) is 2.15. The summed E-state index contributed by atoms with van der Waals surface area (Å²) in [5.74, 6) is -1.27. The Morgan fingerprint density at radius 1 is 1.73 bits per heavy atom. The van der Waals surface area contributed by atoms with E-state index < -0.39 is 11.8 Å². The van der Waals surface area contributed by atoms with Gasteiger partial charge < -0.3 is 4.74 Å². The zero-order valence-corrected chi connectivity index (χ0v) is 5.87. The molecule has 0 saturated heterocycles. The van der Waals surface area contributed by atoms with E-state index in [1.165, 1.54) is 19.2 Å². The molecule has 0 spiro atoms. The molecule has 1 aromatic heterocycles. The average molecular weight is 155 g/mol. The molecule has 0 saturated carbocycles. The van der Waals surface area contributed by atoms with Gasteiger partial charge in [-0.1, -0.05) is 0 Å². The third-order valence-electron chi connectivity index (χ3n) is 0.989. The van der Waals surface area contributed by atoms with Crippen molar-refractivity contribution in [3.05, 3.63) is 24.3 Å². The highest BCUT2D eigenvalue weighted by Gasteiger charge is 2.03. The molecule has 0 bridgehead atoms. The van der Waals surface area contributed by atoms with E-state index >= 15 is 0 Å². The van der Waals surface area contributed by atoms with E-state index in [2.05, 4.69) is 9.72 Å². The van der Waals surface area contributed by atoms with E-state index in [1.54, 1.807) is 0 Å². The normalized spacial score (nSPS) is 9.27. The number of aromatic nitrogens is 1. The third-order valence-corrected chi connectivity index (χ3v) is 0.989. The molecular weight excluding hydrogens is 149 g/mol. The van der Waals surface area contributed by atoms with Gasteiger partial charge in [-0.25, -0.2) is 4.39 Å². The van der Waals surface area contributed by atoms with Crippen molar-refractivity contribution in [1.82, 2.24) is 4.98 Å². The molecule has 0 amide bonds. The Balaban J connectivity index is 2.86. The van der Waals surface area contributed by atoms with Gasteiger partial charge in [0.05, 0.1) is 6.20 Å². The number of pyridine rings is 1. The first-order valence-corrected chi connectivity index (χ1v) is 2.98. The smallest absolute Gasteiger partial charge is 0.308 e. The topological polar surface area (TPSA) is 39.2 Å². The second kappa shape index (κ2) is 3.09. The van der Waals surface area contributed by atoms with Crippen molar-refractivity contribution >= 4 is 5.97 Å². The Morgan fingerprint density at radius 3 is 3.00 bits per heavy atom. The van der Waals surface area contributed by atoms with Crippen LogP contribution in [0.1, 0.15) is 6.92 Å². The summed E-state index contributed by atoms with van der Waals surface area (Å²) in [5.41, 5.74) is 0. The fraction of sp³-hybridized carbons (Fsp3) is 0.143. The fourth-order valence-electron chi connectivity index (χ4n) is 0.600. The second-order valence-electron chi connectivity index (χ2n) is 1.90. The third kappa shape index (κ3) is 2.00. The zero-order chi connectivity index (χ0) is 8.27. The van der Waals surface area contributed by atoms with Crippen LogP contribution in [0.5, 0.6) is 5.75 Å². The lowest BCUT2D eigenvalue weighted by Crippen LogP contribution is -2.02. The standard InChI is InChI=1S/C7H6FNO2/c1-5(10)11-7-2-3-9-4-6(7)8/h2-4H,1H3. The number of esters is 1. The minimum absolute atomic E-state index is 0.0903. The van der Waals surface area contributed by atoms with Gasteiger partial charge in [0.15, 0.2) is 11.6 Å². The van der Waals surface area contributed by atoms with Gasteiger partial charge in [0, 0.05) is 19.2 Å². The van der Waals surface area contributed by atoms with Gasteiger partial charge in [-0.2, -0.15) is 0 Å². The summed E-state index contributed by atoms with van der Waals surface area (Å²) < 4.78 is 17.1. The van der Waals surface area contributed by atoms with Crippen LogP contribution in [0.2, 0.25) is 0 Å². The molecule has 0 atom stereocenters. The van der Waals surface area contributed by atoms with E-state index in [-0.39, 0.29) is 5.75 Å². The molecule has 0 aliphatic heterocycles. The minimum atomic E-state index is -0.636. The molecule has 4 heteroatoms. The number of carbonyl (C=O) groups excluding carboxylic acids is 1. The van der Waals surface area contributed by atoms with E-state index in [0.717, 1.165) is 6.20 Å². The average Bonchev–Trinajstić information content (AvgIpc) is 1.93. The van der Waals surface area contributed by atoms with Crippen LogP contribution in [0.3, 0.4) is 0 Å². The number of nitrogens with zero attached hydrogens (tertiary/aromatic N) is 1. The number of rotatable bonds is 1. The predicted octanol–water partition coefficient (Wildman–Crippen LogP) is 1.15. The van der Waals surface area contributed by atoms with Crippen molar-refractivity contribution in [2.45, 2.75) is 6.92 Å². The van der Waals surface area contributed by atoms with Gasteiger partial charge in [0.2, 0.25) is 0 Å². The largest absolute Gasteiger partial charge is 0.423 e. The van der Waals surface area contributed by atoms with E-state index in [9.17, 15) is 9.18 Å². The summed E-state index contributed by atoms with van der Waals surface area (Å²) in [6, 6.07) is 1.29. The molecular formula is C7H6FNO2. The molecule has 0 aliphatic carbocycles. The highest BCUT2D eigenvalue weighted by molar-refractivity contribution is 5.69. The molecule has 1 aromatic rings. The van der Waals surface area contributed by atoms with Crippen LogP contribution in [0.25, 0.3) is 0 Å². The number of halogens is 1. The molecule has 1 heterocycles. The summed E-state index contributed by atoms with van der Waals surface area (Å²) in [6.07, 6.45) is 2.33. The molecule has 3 nitrogen and oxygen atoms in total. The van der Waals surface area contributed by atoms with E-state index in [0.29, 0.717) is 0 Å². The van der Waals surface area contributed by atoms with Crippen LogP contribution in [-0.2, 0) is 4.79 Å². The van der Waals surface area contributed by atoms with Gasteiger partial charge in [0.25, 0.3) is 0 Å². The molecule has 1 rings (SSSR count). The van der Waals surface area contributed by atoms with Crippen molar-refractivity contribution in [3.8, 4) is 5.75 Å². The number of carbonyl (C=O) groups is 1. The Hall–Kier alpha value is -1.45. The van der Waals surface area contributed by atoms with E-state index in [4.69, 9.17) is 0 Å². The summed E-state index contributed by atoms with van der Waals surface area (Å²) in [7, 11) is 0. The lowest BCUT2D eigenvalue weighted by Gasteiger charge is -1.99. The van der Waals surface area contributed by atoms with Crippen LogP contribution in [0.15, 0.2) is 18.5 Å². The summed E-state index contributed by atoms with van der Waals surface area (Å²) >= 11 is 0. The summed E-state index contributed by atoms with van der Waals surface area (Å²) in [4.78, 5) is 13.8. The van der Waals surface area contributed by atoms with Crippen molar-refractivity contribution < 1.29 is 13.9 Å². The maximum atomic E-state index is 12.6. The number of ether oxygens (including phenoxy) is 1. The SMILES string of the molecule is CC(=O)Oc1ccncc1F.